The molecule has 1 aliphatic heterocycles. The van der Waals surface area contributed by atoms with Gasteiger partial charge < -0.3 is 9.64 Å². The van der Waals surface area contributed by atoms with Crippen LogP contribution in [0.1, 0.15) is 18.4 Å². The van der Waals surface area contributed by atoms with Gasteiger partial charge in [-0.05, 0) is 61.4 Å². The van der Waals surface area contributed by atoms with E-state index in [0.29, 0.717) is 42.3 Å². The summed E-state index contributed by atoms with van der Waals surface area (Å²) < 4.78 is 45.8. The van der Waals surface area contributed by atoms with Crippen LogP contribution in [-0.4, -0.2) is 45.5 Å². The summed E-state index contributed by atoms with van der Waals surface area (Å²) >= 11 is 6.00. The average Bonchev–Trinajstić information content (AvgIpc) is 2.72. The van der Waals surface area contributed by atoms with E-state index in [2.05, 4.69) is 4.72 Å². The maximum Gasteiger partial charge on any atom is 0.246 e. The Hall–Kier alpha value is -2.42. The van der Waals surface area contributed by atoms with Crippen LogP contribution in [0.3, 0.4) is 0 Å². The van der Waals surface area contributed by atoms with E-state index in [4.69, 9.17) is 16.3 Å². The summed E-state index contributed by atoms with van der Waals surface area (Å²) in [5, 5.41) is 0.539. The molecule has 1 amide bonds. The zero-order valence-corrected chi connectivity index (χ0v) is 17.9. The monoisotopic (exact) mass is 452 g/mol. The quantitative estimate of drug-likeness (QED) is 0.681. The Kier molecular flexibility index (Phi) is 7.12. The van der Waals surface area contributed by atoms with Crippen LogP contribution in [0, 0.1) is 5.82 Å². The molecule has 6 nitrogen and oxygen atoms in total. The highest BCUT2D eigenvalue weighted by molar-refractivity contribution is 7.89. The van der Waals surface area contributed by atoms with Crippen molar-refractivity contribution in [3.63, 3.8) is 0 Å². The number of hydrogen-bond donors (Lipinski definition) is 1. The van der Waals surface area contributed by atoms with Gasteiger partial charge in [0.05, 0.1) is 12.0 Å². The third kappa shape index (κ3) is 5.59. The predicted molar refractivity (Wildman–Crippen MR) is 113 cm³/mol. The number of sulfonamides is 1. The van der Waals surface area contributed by atoms with Gasteiger partial charge in [0.15, 0.2) is 0 Å². The number of halogens is 2. The van der Waals surface area contributed by atoms with E-state index in [1.54, 1.807) is 36.3 Å². The first-order valence-corrected chi connectivity index (χ1v) is 11.2. The maximum atomic E-state index is 13.0. The number of piperidine rings is 1. The summed E-state index contributed by atoms with van der Waals surface area (Å²) in [6.07, 6.45) is 4.08. The van der Waals surface area contributed by atoms with E-state index in [9.17, 15) is 17.6 Å². The highest BCUT2D eigenvalue weighted by Gasteiger charge is 2.26. The van der Waals surface area contributed by atoms with Crippen molar-refractivity contribution in [3.8, 4) is 5.75 Å². The first kappa shape index (κ1) is 22.3. The second kappa shape index (κ2) is 9.59. The molecule has 0 aliphatic carbocycles. The van der Waals surface area contributed by atoms with Crippen molar-refractivity contribution < 1.29 is 22.3 Å². The number of hydrogen-bond acceptors (Lipinski definition) is 4. The molecule has 1 aliphatic rings. The fourth-order valence-electron chi connectivity index (χ4n) is 3.22. The Labute approximate surface area is 180 Å². The molecule has 0 aromatic heterocycles. The Morgan fingerprint density at radius 1 is 1.20 bits per heavy atom. The van der Waals surface area contributed by atoms with Gasteiger partial charge in [0, 0.05) is 35.8 Å². The number of methoxy groups -OCH3 is 1. The minimum Gasteiger partial charge on any atom is -0.496 e. The lowest BCUT2D eigenvalue weighted by molar-refractivity contribution is -0.126. The lowest BCUT2D eigenvalue weighted by Gasteiger charge is -2.31. The van der Waals surface area contributed by atoms with Gasteiger partial charge >= 0.3 is 0 Å². The summed E-state index contributed by atoms with van der Waals surface area (Å²) in [6.45, 7) is 0.846. The first-order valence-electron chi connectivity index (χ1n) is 9.37. The topological polar surface area (TPSA) is 75.7 Å². The Morgan fingerprint density at radius 3 is 2.50 bits per heavy atom. The molecule has 1 fully saturated rings. The highest BCUT2D eigenvalue weighted by Crippen LogP contribution is 2.24. The van der Waals surface area contributed by atoms with Gasteiger partial charge in [-0.2, -0.15) is 0 Å². The predicted octanol–water partition coefficient (Wildman–Crippen LogP) is 3.47. The highest BCUT2D eigenvalue weighted by atomic mass is 35.5. The van der Waals surface area contributed by atoms with Crippen molar-refractivity contribution in [1.82, 2.24) is 9.62 Å². The number of nitrogens with zero attached hydrogens (tertiary/aromatic N) is 1. The van der Waals surface area contributed by atoms with Gasteiger partial charge in [0.2, 0.25) is 15.9 Å². The summed E-state index contributed by atoms with van der Waals surface area (Å²) in [5.41, 5.74) is 0.695. The number of carbonyl (C=O) groups excluding carboxylic acids is 1. The van der Waals surface area contributed by atoms with Crippen molar-refractivity contribution in [2.75, 3.05) is 20.2 Å². The smallest absolute Gasteiger partial charge is 0.246 e. The lowest BCUT2D eigenvalue weighted by Crippen LogP contribution is -2.46. The second-order valence-electron chi connectivity index (χ2n) is 6.89. The van der Waals surface area contributed by atoms with E-state index < -0.39 is 15.8 Å². The van der Waals surface area contributed by atoms with Gasteiger partial charge in [0.25, 0.3) is 0 Å². The van der Waals surface area contributed by atoms with Crippen LogP contribution in [-0.2, 0) is 14.8 Å². The summed E-state index contributed by atoms with van der Waals surface area (Å²) in [7, 11) is -2.19. The molecule has 1 N–H and O–H groups in total. The van der Waals surface area contributed by atoms with Crippen molar-refractivity contribution in [1.29, 1.82) is 0 Å². The number of amides is 1. The number of ether oxygens (including phenoxy) is 1. The first-order chi connectivity index (χ1) is 14.3. The molecule has 30 heavy (non-hydrogen) atoms. The zero-order valence-electron chi connectivity index (χ0n) is 16.3. The zero-order chi connectivity index (χ0) is 21.7. The van der Waals surface area contributed by atoms with Crippen LogP contribution in [0.4, 0.5) is 4.39 Å². The SMILES string of the molecule is COc1ccc(Cl)cc1/C=C/C(=O)N1CCC(NS(=O)(=O)c2ccc(F)cc2)CC1. The maximum absolute atomic E-state index is 13.0. The molecular formula is C21H22ClFN2O4S. The fraction of sp³-hybridized carbons (Fsp3) is 0.286. The third-order valence-electron chi connectivity index (χ3n) is 4.85. The van der Waals surface area contributed by atoms with Crippen LogP contribution in [0.25, 0.3) is 6.08 Å². The number of likely N-dealkylation sites (tertiary alicyclic amines) is 1. The third-order valence-corrected chi connectivity index (χ3v) is 6.62. The molecule has 0 bridgehead atoms. The fourth-order valence-corrected chi connectivity index (χ4v) is 4.71. The van der Waals surface area contributed by atoms with Gasteiger partial charge in [-0.3, -0.25) is 4.79 Å². The molecule has 0 spiro atoms. The van der Waals surface area contributed by atoms with Gasteiger partial charge in [-0.15, -0.1) is 0 Å². The normalized spacial score (nSPS) is 15.5. The van der Waals surface area contributed by atoms with Crippen molar-refractivity contribution >= 4 is 33.6 Å². The summed E-state index contributed by atoms with van der Waals surface area (Å²) in [6, 6.07) is 9.52. The van der Waals surface area contributed by atoms with Crippen LogP contribution >= 0.6 is 11.6 Å². The molecule has 1 saturated heterocycles. The van der Waals surface area contributed by atoms with E-state index >= 15 is 0 Å². The molecule has 160 valence electrons. The number of nitrogens with one attached hydrogen (secondary N) is 1. The van der Waals surface area contributed by atoms with Crippen molar-refractivity contribution in [3.05, 3.63) is 64.9 Å². The molecule has 2 aromatic carbocycles. The molecule has 1 heterocycles. The average molecular weight is 453 g/mol. The van der Waals surface area contributed by atoms with Gasteiger partial charge in [-0.25, -0.2) is 17.5 Å². The van der Waals surface area contributed by atoms with Gasteiger partial charge in [-0.1, -0.05) is 11.6 Å². The van der Waals surface area contributed by atoms with Gasteiger partial charge in [0.1, 0.15) is 11.6 Å². The molecule has 3 rings (SSSR count). The summed E-state index contributed by atoms with van der Waals surface area (Å²) in [4.78, 5) is 14.2. The van der Waals surface area contributed by atoms with Crippen LogP contribution in [0.2, 0.25) is 5.02 Å². The van der Waals surface area contributed by atoms with Crippen LogP contribution in [0.15, 0.2) is 53.4 Å². The lowest BCUT2D eigenvalue weighted by atomic mass is 10.1. The largest absolute Gasteiger partial charge is 0.496 e. The van der Waals surface area contributed by atoms with E-state index in [-0.39, 0.29) is 16.8 Å². The number of benzene rings is 2. The minimum atomic E-state index is -3.73. The molecule has 0 unspecified atom stereocenters. The van der Waals surface area contributed by atoms with E-state index in [0.717, 1.165) is 12.1 Å². The van der Waals surface area contributed by atoms with Crippen LogP contribution < -0.4 is 9.46 Å². The van der Waals surface area contributed by atoms with E-state index in [1.807, 2.05) is 0 Å². The number of rotatable bonds is 6. The molecule has 9 heteroatoms. The molecule has 0 radical (unpaired) electrons. The van der Waals surface area contributed by atoms with Crippen molar-refractivity contribution in [2.45, 2.75) is 23.8 Å². The molecule has 0 saturated carbocycles. The number of carbonyl (C=O) groups is 1. The Bertz CT molecular complexity index is 1030. The second-order valence-corrected chi connectivity index (χ2v) is 9.04. The minimum absolute atomic E-state index is 0.0146. The molecular weight excluding hydrogens is 431 g/mol. The Morgan fingerprint density at radius 2 is 1.87 bits per heavy atom. The molecule has 0 atom stereocenters. The standard InChI is InChI=1S/C21H22ClFN2O4S/c1-29-20-8-3-16(22)14-15(20)2-9-21(26)25-12-10-18(11-13-25)24-30(27,28)19-6-4-17(23)5-7-19/h2-9,14,18,24H,10-13H2,1H3/b9-2+. The van der Waals surface area contributed by atoms with Crippen molar-refractivity contribution in [2.24, 2.45) is 0 Å². The van der Waals surface area contributed by atoms with E-state index in [1.165, 1.54) is 18.2 Å². The molecule has 2 aromatic rings. The summed E-state index contributed by atoms with van der Waals surface area (Å²) in [5.74, 6) is -0.0570. The Balaban J connectivity index is 1.57. The van der Waals surface area contributed by atoms with Crippen LogP contribution in [0.5, 0.6) is 5.75 Å².